The summed E-state index contributed by atoms with van der Waals surface area (Å²) in [5, 5.41) is 8.98. The monoisotopic (exact) mass is 648 g/mol. The second-order valence-corrected chi connectivity index (χ2v) is 9.00. The first-order chi connectivity index (χ1) is 18.8. The molecule has 0 saturated heterocycles. The van der Waals surface area contributed by atoms with Gasteiger partial charge in [-0.05, 0) is 89.2 Å². The van der Waals surface area contributed by atoms with Crippen LogP contribution in [0.2, 0.25) is 0 Å². The Bertz CT molecular complexity index is 1330. The lowest BCUT2D eigenvalue weighted by Gasteiger charge is -2.14. The molecule has 0 spiro atoms. The number of methoxy groups -OCH3 is 1. The maximum absolute atomic E-state index is 13.0. The summed E-state index contributed by atoms with van der Waals surface area (Å²) in [6, 6.07) is 15.8. The van der Waals surface area contributed by atoms with Crippen LogP contribution >= 0.6 is 22.6 Å². The lowest BCUT2D eigenvalue weighted by molar-refractivity contribution is -0.139. The van der Waals surface area contributed by atoms with Crippen molar-refractivity contribution >= 4 is 52.2 Å². The third-order valence-corrected chi connectivity index (χ3v) is 5.81. The fourth-order valence-corrected chi connectivity index (χ4v) is 3.94. The van der Waals surface area contributed by atoms with Gasteiger partial charge in [-0.1, -0.05) is 12.1 Å². The van der Waals surface area contributed by atoms with Crippen molar-refractivity contribution in [3.8, 4) is 17.2 Å². The minimum absolute atomic E-state index is 0.166. The smallest absolute Gasteiger partial charge is 0.329 e. The summed E-state index contributed by atoms with van der Waals surface area (Å²) < 4.78 is 30.1. The first-order valence-corrected chi connectivity index (χ1v) is 12.8. The van der Waals surface area contributed by atoms with E-state index in [9.17, 15) is 18.8 Å². The Balaban J connectivity index is 1.55. The van der Waals surface area contributed by atoms with Crippen molar-refractivity contribution in [3.05, 3.63) is 81.2 Å². The fraction of sp³-hybridized carbons (Fsp3) is 0.185. The second kappa shape index (κ2) is 14.7. The fourth-order valence-electron chi connectivity index (χ4n) is 3.16. The SMILES string of the molecule is CCOc1cc(/C=N\NC(=O)C(=O)NCc2ccc(OC)cc2)cc(I)c1OCC(=O)Nc1ccc(F)cc1. The quantitative estimate of drug-likeness (QED) is 0.126. The van der Waals surface area contributed by atoms with Crippen LogP contribution in [-0.2, 0) is 20.9 Å². The summed E-state index contributed by atoms with van der Waals surface area (Å²) >= 11 is 2.02. The van der Waals surface area contributed by atoms with E-state index in [1.165, 1.54) is 30.5 Å². The minimum atomic E-state index is -0.924. The van der Waals surface area contributed by atoms with Gasteiger partial charge in [0.15, 0.2) is 18.1 Å². The van der Waals surface area contributed by atoms with Crippen LogP contribution < -0.4 is 30.3 Å². The van der Waals surface area contributed by atoms with Crippen molar-refractivity contribution in [3.63, 3.8) is 0 Å². The number of rotatable bonds is 11. The molecule has 3 amide bonds. The lowest BCUT2D eigenvalue weighted by Crippen LogP contribution is -2.37. The van der Waals surface area contributed by atoms with Crippen LogP contribution in [0.3, 0.4) is 0 Å². The third kappa shape index (κ3) is 9.25. The van der Waals surface area contributed by atoms with Gasteiger partial charge in [-0.25, -0.2) is 9.82 Å². The number of carbonyl (C=O) groups is 3. The first kappa shape index (κ1) is 29.4. The molecular formula is C27H26FIN4O6. The van der Waals surface area contributed by atoms with Crippen molar-refractivity contribution in [1.29, 1.82) is 0 Å². The van der Waals surface area contributed by atoms with Gasteiger partial charge in [0.1, 0.15) is 11.6 Å². The molecule has 0 aliphatic rings. The van der Waals surface area contributed by atoms with Gasteiger partial charge >= 0.3 is 11.8 Å². The predicted octanol–water partition coefficient (Wildman–Crippen LogP) is 3.62. The van der Waals surface area contributed by atoms with Gasteiger partial charge in [0.2, 0.25) is 0 Å². The number of benzene rings is 3. The maximum Gasteiger partial charge on any atom is 0.329 e. The molecule has 0 heterocycles. The summed E-state index contributed by atoms with van der Waals surface area (Å²) in [6.45, 7) is 1.99. The zero-order chi connectivity index (χ0) is 28.2. The number of hydrogen-bond donors (Lipinski definition) is 3. The normalized spacial score (nSPS) is 10.6. The van der Waals surface area contributed by atoms with E-state index in [0.29, 0.717) is 38.7 Å². The predicted molar refractivity (Wildman–Crippen MR) is 151 cm³/mol. The van der Waals surface area contributed by atoms with Crippen molar-refractivity contribution in [2.75, 3.05) is 25.6 Å². The molecule has 0 atom stereocenters. The van der Waals surface area contributed by atoms with Gasteiger partial charge in [-0.2, -0.15) is 5.10 Å². The Hall–Kier alpha value is -4.20. The van der Waals surface area contributed by atoms with E-state index in [2.05, 4.69) is 21.2 Å². The van der Waals surface area contributed by atoms with E-state index < -0.39 is 23.5 Å². The number of nitrogens with one attached hydrogen (secondary N) is 3. The van der Waals surface area contributed by atoms with Gasteiger partial charge in [0, 0.05) is 12.2 Å². The van der Waals surface area contributed by atoms with Gasteiger partial charge in [-0.3, -0.25) is 14.4 Å². The van der Waals surface area contributed by atoms with Gasteiger partial charge < -0.3 is 24.8 Å². The van der Waals surface area contributed by atoms with Gasteiger partial charge in [0.05, 0.1) is 23.5 Å². The zero-order valence-electron chi connectivity index (χ0n) is 21.1. The number of hydrazone groups is 1. The Morgan fingerprint density at radius 1 is 1.00 bits per heavy atom. The van der Waals surface area contributed by atoms with E-state index >= 15 is 0 Å². The molecule has 0 fully saturated rings. The molecular weight excluding hydrogens is 622 g/mol. The van der Waals surface area contributed by atoms with Crippen molar-refractivity contribution in [2.24, 2.45) is 5.10 Å². The minimum Gasteiger partial charge on any atom is -0.497 e. The standard InChI is InChI=1S/C27H26FIN4O6/c1-3-38-23-13-18(12-22(29)25(23)39-16-24(34)32-20-8-6-19(28)7-9-20)15-31-33-27(36)26(35)30-14-17-4-10-21(37-2)11-5-17/h4-13,15H,3,14,16H2,1-2H3,(H,30,35)(H,32,34)(H,33,36)/b31-15-. The number of hydrogen-bond acceptors (Lipinski definition) is 7. The number of amides is 3. The topological polar surface area (TPSA) is 127 Å². The summed E-state index contributed by atoms with van der Waals surface area (Å²) in [6.07, 6.45) is 1.35. The van der Waals surface area contributed by atoms with Crippen LogP contribution in [0, 0.1) is 9.39 Å². The van der Waals surface area contributed by atoms with Gasteiger partial charge in [0.25, 0.3) is 5.91 Å². The molecule has 3 N–H and O–H groups in total. The molecule has 0 unspecified atom stereocenters. The van der Waals surface area contributed by atoms with Crippen LogP contribution in [0.1, 0.15) is 18.1 Å². The third-order valence-electron chi connectivity index (χ3n) is 5.01. The number of carbonyl (C=O) groups excluding carboxylic acids is 3. The highest BCUT2D eigenvalue weighted by molar-refractivity contribution is 14.1. The van der Waals surface area contributed by atoms with Crippen molar-refractivity contribution in [2.45, 2.75) is 13.5 Å². The summed E-state index contributed by atoms with van der Waals surface area (Å²) in [7, 11) is 1.56. The zero-order valence-corrected chi connectivity index (χ0v) is 23.3. The summed E-state index contributed by atoms with van der Waals surface area (Å²) in [4.78, 5) is 36.4. The van der Waals surface area contributed by atoms with Gasteiger partial charge in [-0.15, -0.1) is 0 Å². The van der Waals surface area contributed by atoms with E-state index in [0.717, 1.165) is 5.56 Å². The molecule has 0 bridgehead atoms. The molecule has 0 aliphatic carbocycles. The molecule has 12 heteroatoms. The maximum atomic E-state index is 13.0. The highest BCUT2D eigenvalue weighted by Gasteiger charge is 2.15. The van der Waals surface area contributed by atoms with E-state index in [1.54, 1.807) is 50.4 Å². The Kier molecular flexibility index (Phi) is 11.0. The Morgan fingerprint density at radius 3 is 2.38 bits per heavy atom. The van der Waals surface area contributed by atoms with Crippen LogP contribution in [0.4, 0.5) is 10.1 Å². The van der Waals surface area contributed by atoms with Crippen LogP contribution in [0.5, 0.6) is 17.2 Å². The first-order valence-electron chi connectivity index (χ1n) is 11.7. The molecule has 3 aromatic rings. The second-order valence-electron chi connectivity index (χ2n) is 7.84. The number of halogens is 2. The Morgan fingerprint density at radius 2 is 1.72 bits per heavy atom. The summed E-state index contributed by atoms with van der Waals surface area (Å²) in [5.74, 6) is -1.20. The number of anilines is 1. The molecule has 204 valence electrons. The van der Waals surface area contributed by atoms with Crippen LogP contribution in [0.15, 0.2) is 65.8 Å². The van der Waals surface area contributed by atoms with E-state index in [4.69, 9.17) is 14.2 Å². The number of ether oxygens (including phenoxy) is 3. The Labute approximate surface area is 238 Å². The molecule has 39 heavy (non-hydrogen) atoms. The van der Waals surface area contributed by atoms with Crippen LogP contribution in [0.25, 0.3) is 0 Å². The average Bonchev–Trinajstić information content (AvgIpc) is 2.93. The average molecular weight is 648 g/mol. The molecule has 3 rings (SSSR count). The highest BCUT2D eigenvalue weighted by Crippen LogP contribution is 2.34. The molecule has 3 aromatic carbocycles. The van der Waals surface area contributed by atoms with Crippen molar-refractivity contribution < 1.29 is 33.0 Å². The van der Waals surface area contributed by atoms with E-state index in [-0.39, 0.29) is 13.2 Å². The van der Waals surface area contributed by atoms with E-state index in [1.807, 2.05) is 22.6 Å². The summed E-state index contributed by atoms with van der Waals surface area (Å²) in [5.41, 5.74) is 3.98. The highest BCUT2D eigenvalue weighted by atomic mass is 127. The molecule has 0 aliphatic heterocycles. The largest absolute Gasteiger partial charge is 0.497 e. The molecule has 10 nitrogen and oxygen atoms in total. The molecule has 0 aromatic heterocycles. The number of nitrogens with zero attached hydrogens (tertiary/aromatic N) is 1. The molecule has 0 saturated carbocycles. The molecule has 0 radical (unpaired) electrons. The van der Waals surface area contributed by atoms with Crippen LogP contribution in [-0.4, -0.2) is 44.3 Å². The van der Waals surface area contributed by atoms with Crippen molar-refractivity contribution in [1.82, 2.24) is 10.7 Å². The lowest BCUT2D eigenvalue weighted by atomic mass is 10.2.